The molecule has 0 radical (unpaired) electrons. The number of benzene rings is 1. The molecule has 0 saturated heterocycles. The van der Waals surface area contributed by atoms with E-state index in [-0.39, 0.29) is 23.3 Å². The Morgan fingerprint density at radius 2 is 1.97 bits per heavy atom. The highest BCUT2D eigenvalue weighted by atomic mass is 32.1. The Labute approximate surface area is 176 Å². The lowest BCUT2D eigenvalue weighted by Crippen LogP contribution is -2.42. The second-order valence-corrected chi connectivity index (χ2v) is 9.67. The number of amides is 1. The third kappa shape index (κ3) is 4.78. The Bertz CT molecular complexity index is 1010. The van der Waals surface area contributed by atoms with Gasteiger partial charge in [-0.2, -0.15) is 18.2 Å². The van der Waals surface area contributed by atoms with Crippen molar-refractivity contribution >= 4 is 17.2 Å². The van der Waals surface area contributed by atoms with E-state index < -0.39 is 23.2 Å². The van der Waals surface area contributed by atoms with Gasteiger partial charge in [-0.25, -0.2) is 0 Å². The summed E-state index contributed by atoms with van der Waals surface area (Å²) >= 11 is 1.29. The van der Waals surface area contributed by atoms with E-state index in [9.17, 15) is 23.1 Å². The lowest BCUT2D eigenvalue weighted by molar-refractivity contribution is -0.137. The predicted molar refractivity (Wildman–Crippen MR) is 108 cm³/mol. The third-order valence-corrected chi connectivity index (χ3v) is 6.61. The number of aromatic nitrogens is 1. The molecule has 2 aromatic rings. The second-order valence-electron chi connectivity index (χ2n) is 8.66. The summed E-state index contributed by atoms with van der Waals surface area (Å²) in [6, 6.07) is 2.74. The van der Waals surface area contributed by atoms with Crippen LogP contribution in [0.1, 0.15) is 60.8 Å². The number of aliphatic hydroxyl groups is 1. The maximum Gasteiger partial charge on any atom is 0.416 e. The standard InChI is InChI=1S/C21H25F3N2O3S/c1-19(2,3)16-11-26(12-20(28)8-5-9-20)18(30-16)25-17(27)14-10-13(21(22,23)24)6-7-15(14)29-4/h6-7,10-11,28H,5,8-9,12H2,1-4H3. The summed E-state index contributed by atoms with van der Waals surface area (Å²) in [6.07, 6.45) is -0.473. The van der Waals surface area contributed by atoms with Crippen molar-refractivity contribution in [3.05, 3.63) is 45.2 Å². The summed E-state index contributed by atoms with van der Waals surface area (Å²) in [4.78, 5) is 18.3. The molecule has 1 amide bonds. The number of thiazole rings is 1. The predicted octanol–water partition coefficient (Wildman–Crippen LogP) is 4.53. The maximum absolute atomic E-state index is 13.1. The van der Waals surface area contributed by atoms with Gasteiger partial charge in [0.1, 0.15) is 5.75 Å². The van der Waals surface area contributed by atoms with Crippen LogP contribution in [-0.2, 0) is 18.1 Å². The van der Waals surface area contributed by atoms with Crippen molar-refractivity contribution < 1.29 is 27.8 Å². The molecule has 3 rings (SSSR count). The van der Waals surface area contributed by atoms with Crippen molar-refractivity contribution in [2.75, 3.05) is 7.11 Å². The first kappa shape index (κ1) is 22.6. The third-order valence-electron chi connectivity index (χ3n) is 5.16. The van der Waals surface area contributed by atoms with Crippen molar-refractivity contribution in [1.29, 1.82) is 0 Å². The van der Waals surface area contributed by atoms with Crippen LogP contribution >= 0.6 is 11.3 Å². The van der Waals surface area contributed by atoms with Crippen LogP contribution in [0.3, 0.4) is 0 Å². The zero-order valence-electron chi connectivity index (χ0n) is 17.3. The molecule has 1 N–H and O–H groups in total. The second kappa shape index (κ2) is 7.85. The fourth-order valence-electron chi connectivity index (χ4n) is 3.19. The number of hydrogen-bond donors (Lipinski definition) is 1. The number of carbonyl (C=O) groups excluding carboxylic acids is 1. The molecule has 1 heterocycles. The van der Waals surface area contributed by atoms with E-state index in [2.05, 4.69) is 4.99 Å². The molecule has 1 aromatic carbocycles. The minimum atomic E-state index is -4.59. The number of ether oxygens (including phenoxy) is 1. The van der Waals surface area contributed by atoms with E-state index in [0.29, 0.717) is 17.6 Å². The fourth-order valence-corrected chi connectivity index (χ4v) is 4.23. The Morgan fingerprint density at radius 3 is 2.47 bits per heavy atom. The van der Waals surface area contributed by atoms with Gasteiger partial charge >= 0.3 is 6.18 Å². The minimum absolute atomic E-state index is 0.0218. The van der Waals surface area contributed by atoms with Crippen molar-refractivity contribution in [2.45, 2.75) is 63.8 Å². The van der Waals surface area contributed by atoms with E-state index in [1.165, 1.54) is 18.4 Å². The zero-order chi connectivity index (χ0) is 22.3. The number of rotatable bonds is 4. The topological polar surface area (TPSA) is 63.8 Å². The van der Waals surface area contributed by atoms with Crippen LogP contribution in [0.25, 0.3) is 0 Å². The highest BCUT2D eigenvalue weighted by Gasteiger charge is 2.36. The summed E-state index contributed by atoms with van der Waals surface area (Å²) in [5, 5.41) is 10.6. The van der Waals surface area contributed by atoms with Crippen LogP contribution in [0.2, 0.25) is 0 Å². The molecule has 0 spiro atoms. The molecule has 164 valence electrons. The van der Waals surface area contributed by atoms with Gasteiger partial charge in [0, 0.05) is 11.1 Å². The minimum Gasteiger partial charge on any atom is -0.496 e. The summed E-state index contributed by atoms with van der Waals surface area (Å²) in [6.45, 7) is 6.33. The van der Waals surface area contributed by atoms with Crippen molar-refractivity contribution in [3.8, 4) is 5.75 Å². The molecule has 1 aliphatic rings. The lowest BCUT2D eigenvalue weighted by atomic mass is 9.80. The van der Waals surface area contributed by atoms with Gasteiger partial charge in [0.2, 0.25) is 0 Å². The van der Waals surface area contributed by atoms with E-state index in [1.807, 2.05) is 27.0 Å². The molecular formula is C21H25F3N2O3S. The molecule has 1 aromatic heterocycles. The Kier molecular flexibility index (Phi) is 5.90. The van der Waals surface area contributed by atoms with E-state index >= 15 is 0 Å². The first-order valence-electron chi connectivity index (χ1n) is 9.60. The van der Waals surface area contributed by atoms with Crippen LogP contribution < -0.4 is 9.54 Å². The van der Waals surface area contributed by atoms with Crippen molar-refractivity contribution in [1.82, 2.24) is 4.57 Å². The van der Waals surface area contributed by atoms with E-state index in [4.69, 9.17) is 4.74 Å². The van der Waals surface area contributed by atoms with Gasteiger partial charge in [-0.3, -0.25) is 4.79 Å². The number of carbonyl (C=O) groups is 1. The molecule has 1 saturated carbocycles. The largest absolute Gasteiger partial charge is 0.496 e. The monoisotopic (exact) mass is 442 g/mol. The highest BCUT2D eigenvalue weighted by molar-refractivity contribution is 7.09. The summed E-state index contributed by atoms with van der Waals surface area (Å²) in [5.74, 6) is -0.803. The normalized spacial score (nSPS) is 17.0. The van der Waals surface area contributed by atoms with Crippen LogP contribution in [0.5, 0.6) is 5.75 Å². The molecule has 30 heavy (non-hydrogen) atoms. The average Bonchev–Trinajstić information content (AvgIpc) is 3.01. The number of hydrogen-bond acceptors (Lipinski definition) is 4. The zero-order valence-corrected chi connectivity index (χ0v) is 18.2. The van der Waals surface area contributed by atoms with Crippen LogP contribution in [-0.4, -0.2) is 28.3 Å². The lowest BCUT2D eigenvalue weighted by Gasteiger charge is -2.36. The van der Waals surface area contributed by atoms with Crippen molar-refractivity contribution in [3.63, 3.8) is 0 Å². The van der Waals surface area contributed by atoms with Gasteiger partial charge in [-0.15, -0.1) is 11.3 Å². The van der Waals surface area contributed by atoms with Crippen molar-refractivity contribution in [2.24, 2.45) is 4.99 Å². The summed E-state index contributed by atoms with van der Waals surface area (Å²) < 4.78 is 46.1. The van der Waals surface area contributed by atoms with Gasteiger partial charge < -0.3 is 14.4 Å². The quantitative estimate of drug-likeness (QED) is 0.757. The smallest absolute Gasteiger partial charge is 0.416 e. The van der Waals surface area contributed by atoms with Gasteiger partial charge in [0.15, 0.2) is 4.80 Å². The Morgan fingerprint density at radius 1 is 1.30 bits per heavy atom. The highest BCUT2D eigenvalue weighted by Crippen LogP contribution is 2.34. The molecular weight excluding hydrogens is 417 g/mol. The van der Waals surface area contributed by atoms with Gasteiger partial charge in [-0.05, 0) is 42.9 Å². The Balaban J connectivity index is 2.07. The first-order chi connectivity index (χ1) is 13.8. The van der Waals surface area contributed by atoms with E-state index in [0.717, 1.165) is 29.5 Å². The molecule has 5 nitrogen and oxygen atoms in total. The molecule has 1 fully saturated rings. The van der Waals surface area contributed by atoms with Crippen LogP contribution in [0.15, 0.2) is 29.4 Å². The summed E-state index contributed by atoms with van der Waals surface area (Å²) in [5.41, 5.74) is -2.26. The van der Waals surface area contributed by atoms with E-state index in [1.54, 1.807) is 4.57 Å². The molecule has 0 bridgehead atoms. The SMILES string of the molecule is COc1ccc(C(F)(F)F)cc1C(=O)N=c1sc(C(C)(C)C)cn1CC1(O)CCC1. The average molecular weight is 443 g/mol. The maximum atomic E-state index is 13.1. The summed E-state index contributed by atoms with van der Waals surface area (Å²) in [7, 11) is 1.29. The Hall–Kier alpha value is -2.13. The molecule has 0 unspecified atom stereocenters. The van der Waals surface area contributed by atoms with Crippen LogP contribution in [0.4, 0.5) is 13.2 Å². The molecule has 1 aliphatic carbocycles. The molecule has 0 aliphatic heterocycles. The molecule has 0 atom stereocenters. The molecule has 9 heteroatoms. The number of halogens is 3. The number of methoxy groups -OCH3 is 1. The first-order valence-corrected chi connectivity index (χ1v) is 10.4. The fraction of sp³-hybridized carbons (Fsp3) is 0.524. The van der Waals surface area contributed by atoms with Crippen LogP contribution in [0, 0.1) is 0 Å². The number of nitrogens with zero attached hydrogens (tertiary/aromatic N) is 2. The van der Waals surface area contributed by atoms with Gasteiger partial charge in [0.05, 0.1) is 30.4 Å². The van der Waals surface area contributed by atoms with Gasteiger partial charge in [0.25, 0.3) is 5.91 Å². The van der Waals surface area contributed by atoms with Gasteiger partial charge in [-0.1, -0.05) is 20.8 Å². The number of alkyl halides is 3.